The molecule has 2 bridgehead atoms. The molecule has 1 aromatic carbocycles. The third kappa shape index (κ3) is 3.61. The summed E-state index contributed by atoms with van der Waals surface area (Å²) < 4.78 is 5.92. The van der Waals surface area contributed by atoms with Gasteiger partial charge in [0.05, 0.1) is 6.20 Å². The Hall–Kier alpha value is -1.74. The van der Waals surface area contributed by atoms with Crippen LogP contribution in [0.4, 0.5) is 0 Å². The number of allylic oxidation sites excluding steroid dienone is 1. The Morgan fingerprint density at radius 3 is 2.91 bits per heavy atom. The molecule has 0 radical (unpaired) electrons. The average molecular weight is 323 g/mol. The molecule has 2 unspecified atom stereocenters. The largest absolute Gasteiger partial charge is 0.487 e. The number of benzene rings is 1. The molecule has 2 aliphatic rings. The normalized spacial score (nSPS) is 23.2. The maximum atomic E-state index is 5.92. The zero-order valence-corrected chi connectivity index (χ0v) is 14.0. The lowest BCUT2D eigenvalue weighted by Gasteiger charge is -2.33. The fourth-order valence-electron chi connectivity index (χ4n) is 3.37. The first-order chi connectivity index (χ1) is 11.4. The summed E-state index contributed by atoms with van der Waals surface area (Å²) >= 11 is 2.16. The zero-order valence-electron chi connectivity index (χ0n) is 13.2. The van der Waals surface area contributed by atoms with E-state index in [9.17, 15) is 0 Å². The summed E-state index contributed by atoms with van der Waals surface area (Å²) in [7, 11) is 0. The molecular formula is C20H21NOS. The Balaban J connectivity index is 1.49. The predicted molar refractivity (Wildman–Crippen MR) is 96.6 cm³/mol. The molecule has 2 nitrogen and oxygen atoms in total. The molecule has 2 atom stereocenters. The standard InChI is InChI=1S/C20H21NOS/c1-2-5-15(6-3-1)14-22-18-9-17(12-21-13-18)16-10-19-7-4-8-20(11-16)23-19/h1-3,5-6,9-10,12-13,19-20H,4,7-8,11,14H2. The second-order valence-corrected chi connectivity index (χ2v) is 7.85. The molecule has 3 heteroatoms. The molecule has 0 spiro atoms. The van der Waals surface area contributed by atoms with Crippen molar-refractivity contribution in [2.75, 3.05) is 0 Å². The van der Waals surface area contributed by atoms with Gasteiger partial charge in [-0.25, -0.2) is 0 Å². The monoisotopic (exact) mass is 323 g/mol. The Morgan fingerprint density at radius 2 is 2.04 bits per heavy atom. The summed E-state index contributed by atoms with van der Waals surface area (Å²) in [6.45, 7) is 0.589. The average Bonchev–Trinajstić information content (AvgIpc) is 2.61. The van der Waals surface area contributed by atoms with Gasteiger partial charge in [-0.2, -0.15) is 11.8 Å². The minimum Gasteiger partial charge on any atom is -0.487 e. The highest BCUT2D eigenvalue weighted by Crippen LogP contribution is 2.43. The topological polar surface area (TPSA) is 22.1 Å². The maximum Gasteiger partial charge on any atom is 0.138 e. The van der Waals surface area contributed by atoms with Gasteiger partial charge in [-0.05, 0) is 42.0 Å². The van der Waals surface area contributed by atoms with Crippen molar-refractivity contribution in [3.05, 3.63) is 66.0 Å². The van der Waals surface area contributed by atoms with E-state index in [0.717, 1.165) is 11.0 Å². The lowest BCUT2D eigenvalue weighted by Crippen LogP contribution is -2.21. The third-order valence-electron chi connectivity index (χ3n) is 4.55. The second kappa shape index (κ2) is 6.79. The summed E-state index contributed by atoms with van der Waals surface area (Å²) in [6, 6.07) is 12.4. The summed E-state index contributed by atoms with van der Waals surface area (Å²) in [5.74, 6) is 0.857. The van der Waals surface area contributed by atoms with Gasteiger partial charge < -0.3 is 4.74 Å². The van der Waals surface area contributed by atoms with Crippen molar-refractivity contribution in [3.63, 3.8) is 0 Å². The number of nitrogens with zero attached hydrogens (tertiary/aromatic N) is 1. The van der Waals surface area contributed by atoms with Crippen LogP contribution in [-0.4, -0.2) is 15.5 Å². The van der Waals surface area contributed by atoms with E-state index in [4.69, 9.17) is 4.74 Å². The first-order valence-corrected chi connectivity index (χ1v) is 9.29. The number of rotatable bonds is 4. The van der Waals surface area contributed by atoms with Gasteiger partial charge in [0, 0.05) is 16.7 Å². The van der Waals surface area contributed by atoms with Gasteiger partial charge in [0.1, 0.15) is 12.4 Å². The van der Waals surface area contributed by atoms with Gasteiger partial charge in [0.25, 0.3) is 0 Å². The van der Waals surface area contributed by atoms with Crippen molar-refractivity contribution in [1.29, 1.82) is 0 Å². The van der Waals surface area contributed by atoms with Crippen molar-refractivity contribution in [2.45, 2.75) is 42.8 Å². The molecule has 0 amide bonds. The van der Waals surface area contributed by atoms with Crippen LogP contribution in [0.25, 0.3) is 5.57 Å². The van der Waals surface area contributed by atoms with Crippen molar-refractivity contribution in [3.8, 4) is 5.75 Å². The molecule has 23 heavy (non-hydrogen) atoms. The van der Waals surface area contributed by atoms with Crippen LogP contribution in [0.2, 0.25) is 0 Å². The first-order valence-electron chi connectivity index (χ1n) is 8.35. The molecule has 118 valence electrons. The highest BCUT2D eigenvalue weighted by molar-refractivity contribution is 8.00. The van der Waals surface area contributed by atoms with Crippen LogP contribution < -0.4 is 4.74 Å². The summed E-state index contributed by atoms with van der Waals surface area (Å²) in [4.78, 5) is 4.39. The molecule has 2 aliphatic heterocycles. The minimum atomic E-state index is 0.589. The fourth-order valence-corrected chi connectivity index (χ4v) is 4.99. The lowest BCUT2D eigenvalue weighted by molar-refractivity contribution is 0.305. The van der Waals surface area contributed by atoms with E-state index in [1.54, 1.807) is 0 Å². The summed E-state index contributed by atoms with van der Waals surface area (Å²) in [5, 5.41) is 1.49. The van der Waals surface area contributed by atoms with Gasteiger partial charge in [0.2, 0.25) is 0 Å². The first kappa shape index (κ1) is 14.8. The number of fused-ring (bicyclic) bond motifs is 2. The Bertz CT molecular complexity index is 698. The Morgan fingerprint density at radius 1 is 1.13 bits per heavy atom. The number of ether oxygens (including phenoxy) is 1. The molecule has 2 aromatic rings. The number of hydrogen-bond acceptors (Lipinski definition) is 3. The van der Waals surface area contributed by atoms with Crippen LogP contribution in [0.5, 0.6) is 5.75 Å². The minimum absolute atomic E-state index is 0.589. The van der Waals surface area contributed by atoms with Crippen molar-refractivity contribution in [2.24, 2.45) is 0 Å². The van der Waals surface area contributed by atoms with E-state index in [2.05, 4.69) is 41.0 Å². The Kier molecular flexibility index (Phi) is 4.38. The fraction of sp³-hybridized carbons (Fsp3) is 0.350. The van der Waals surface area contributed by atoms with Crippen LogP contribution in [0.3, 0.4) is 0 Å². The molecule has 0 N–H and O–H groups in total. The number of pyridine rings is 1. The zero-order chi connectivity index (χ0) is 15.5. The van der Waals surface area contributed by atoms with Crippen LogP contribution in [0.1, 0.15) is 36.8 Å². The quantitative estimate of drug-likeness (QED) is 0.781. The van der Waals surface area contributed by atoms with Crippen LogP contribution in [0, 0.1) is 0 Å². The summed E-state index contributed by atoms with van der Waals surface area (Å²) in [6.07, 6.45) is 11.5. The molecule has 4 rings (SSSR count). The number of thioether (sulfide) groups is 1. The molecule has 1 saturated heterocycles. The smallest absolute Gasteiger partial charge is 0.138 e. The van der Waals surface area contributed by atoms with Crippen molar-refractivity contribution in [1.82, 2.24) is 4.98 Å². The SMILES string of the molecule is C1=C(c2cncc(OCc3ccccc3)c2)CC2CCCC1S2. The van der Waals surface area contributed by atoms with E-state index in [-0.39, 0.29) is 0 Å². The second-order valence-electron chi connectivity index (χ2n) is 6.31. The van der Waals surface area contributed by atoms with Gasteiger partial charge in [0.15, 0.2) is 0 Å². The van der Waals surface area contributed by atoms with Gasteiger partial charge in [-0.15, -0.1) is 0 Å². The van der Waals surface area contributed by atoms with E-state index in [1.807, 2.05) is 30.6 Å². The van der Waals surface area contributed by atoms with Crippen LogP contribution in [0.15, 0.2) is 54.9 Å². The third-order valence-corrected chi connectivity index (χ3v) is 6.06. The molecule has 1 fully saturated rings. The summed E-state index contributed by atoms with van der Waals surface area (Å²) in [5.41, 5.74) is 3.87. The van der Waals surface area contributed by atoms with Crippen molar-refractivity contribution < 1.29 is 4.74 Å². The van der Waals surface area contributed by atoms with Crippen molar-refractivity contribution >= 4 is 17.3 Å². The maximum absolute atomic E-state index is 5.92. The molecule has 0 saturated carbocycles. The molecule has 1 aromatic heterocycles. The molecule has 3 heterocycles. The van der Waals surface area contributed by atoms with Crippen LogP contribution >= 0.6 is 11.8 Å². The number of hydrogen-bond donors (Lipinski definition) is 0. The van der Waals surface area contributed by atoms with E-state index >= 15 is 0 Å². The van der Waals surface area contributed by atoms with E-state index in [1.165, 1.54) is 42.4 Å². The lowest BCUT2D eigenvalue weighted by atomic mass is 9.94. The highest BCUT2D eigenvalue weighted by Gasteiger charge is 2.27. The van der Waals surface area contributed by atoms with Gasteiger partial charge in [-0.3, -0.25) is 4.98 Å². The Labute approximate surface area is 142 Å². The van der Waals surface area contributed by atoms with Crippen LogP contribution in [-0.2, 0) is 6.61 Å². The number of aromatic nitrogens is 1. The van der Waals surface area contributed by atoms with Gasteiger partial charge in [-0.1, -0.05) is 42.8 Å². The predicted octanol–water partition coefficient (Wildman–Crippen LogP) is 5.10. The molecular weight excluding hydrogens is 302 g/mol. The van der Waals surface area contributed by atoms with E-state index in [0.29, 0.717) is 11.9 Å². The van der Waals surface area contributed by atoms with Gasteiger partial charge >= 0.3 is 0 Å². The van der Waals surface area contributed by atoms with E-state index < -0.39 is 0 Å². The molecule has 0 aliphatic carbocycles. The highest BCUT2D eigenvalue weighted by atomic mass is 32.2.